The summed E-state index contributed by atoms with van der Waals surface area (Å²) in [6.45, 7) is 1.63. The molecule has 1 aliphatic rings. The van der Waals surface area contributed by atoms with Crippen LogP contribution < -0.4 is 5.32 Å². The molecule has 0 fully saturated rings. The van der Waals surface area contributed by atoms with Crippen LogP contribution in [0.5, 0.6) is 0 Å². The van der Waals surface area contributed by atoms with Crippen molar-refractivity contribution in [2.24, 2.45) is 5.92 Å². The van der Waals surface area contributed by atoms with Crippen LogP contribution in [0.4, 0.5) is 0 Å². The first kappa shape index (κ1) is 12.3. The number of carboxylic acid groups (broad SMARTS) is 1. The zero-order valence-electron chi connectivity index (χ0n) is 9.69. The Labute approximate surface area is 105 Å². The molecule has 1 aromatic heterocycles. The fraction of sp³-hybridized carbons (Fsp3) is 0.462. The number of carboxylic acids is 1. The molecule has 1 aromatic rings. The molecule has 17 heavy (non-hydrogen) atoms. The van der Waals surface area contributed by atoms with E-state index >= 15 is 0 Å². The van der Waals surface area contributed by atoms with E-state index in [1.165, 1.54) is 24.2 Å². The number of nitrogens with one attached hydrogen (secondary N) is 1. The average Bonchev–Trinajstić information content (AvgIpc) is 2.79. The van der Waals surface area contributed by atoms with E-state index in [4.69, 9.17) is 5.11 Å². The largest absolute Gasteiger partial charge is 0.477 e. The van der Waals surface area contributed by atoms with Crippen molar-refractivity contribution in [3.8, 4) is 0 Å². The van der Waals surface area contributed by atoms with Crippen LogP contribution in [0, 0.1) is 5.92 Å². The second-order valence-electron chi connectivity index (χ2n) is 4.36. The highest BCUT2D eigenvalue weighted by Crippen LogP contribution is 2.19. The third-order valence-corrected chi connectivity index (χ3v) is 4.01. The van der Waals surface area contributed by atoms with Gasteiger partial charge in [0.1, 0.15) is 4.88 Å². The Morgan fingerprint density at radius 3 is 3.12 bits per heavy atom. The molecule has 0 saturated carbocycles. The number of carbonyl (C=O) groups is 1. The van der Waals surface area contributed by atoms with Crippen molar-refractivity contribution >= 4 is 17.3 Å². The standard InChI is InChI=1S/C13H17NO2S/c15-13(16)12-11(6-7-17-12)9-14-8-10-4-2-1-3-5-10/h1-2,6-7,10,14H,3-5,8-9H2,(H,15,16). The number of aromatic carboxylic acids is 1. The lowest BCUT2D eigenvalue weighted by Gasteiger charge is -2.18. The van der Waals surface area contributed by atoms with Crippen LogP contribution in [-0.4, -0.2) is 17.6 Å². The molecule has 1 heterocycles. The van der Waals surface area contributed by atoms with Crippen LogP contribution in [0.1, 0.15) is 34.5 Å². The van der Waals surface area contributed by atoms with E-state index in [1.54, 1.807) is 0 Å². The summed E-state index contributed by atoms with van der Waals surface area (Å²) in [5.74, 6) is -0.121. The summed E-state index contributed by atoms with van der Waals surface area (Å²) >= 11 is 1.29. The topological polar surface area (TPSA) is 49.3 Å². The van der Waals surface area contributed by atoms with Crippen LogP contribution in [-0.2, 0) is 6.54 Å². The molecule has 4 heteroatoms. The van der Waals surface area contributed by atoms with E-state index < -0.39 is 5.97 Å². The molecule has 1 aliphatic carbocycles. The van der Waals surface area contributed by atoms with E-state index in [0.29, 0.717) is 17.3 Å². The van der Waals surface area contributed by atoms with Gasteiger partial charge in [-0.15, -0.1) is 11.3 Å². The molecule has 3 nitrogen and oxygen atoms in total. The van der Waals surface area contributed by atoms with Gasteiger partial charge >= 0.3 is 5.97 Å². The van der Waals surface area contributed by atoms with Gasteiger partial charge in [-0.2, -0.15) is 0 Å². The van der Waals surface area contributed by atoms with Crippen LogP contribution in [0.3, 0.4) is 0 Å². The first-order chi connectivity index (χ1) is 8.27. The van der Waals surface area contributed by atoms with Gasteiger partial charge in [0.25, 0.3) is 0 Å². The zero-order chi connectivity index (χ0) is 12.1. The monoisotopic (exact) mass is 251 g/mol. The van der Waals surface area contributed by atoms with Crippen molar-refractivity contribution in [1.29, 1.82) is 0 Å². The van der Waals surface area contributed by atoms with Crippen molar-refractivity contribution in [3.63, 3.8) is 0 Å². The average molecular weight is 251 g/mol. The molecule has 0 aromatic carbocycles. The van der Waals surface area contributed by atoms with E-state index in [-0.39, 0.29) is 0 Å². The maximum Gasteiger partial charge on any atom is 0.346 e. The van der Waals surface area contributed by atoms with Gasteiger partial charge in [0.05, 0.1) is 0 Å². The molecular weight excluding hydrogens is 234 g/mol. The maximum absolute atomic E-state index is 10.9. The summed E-state index contributed by atoms with van der Waals surface area (Å²) in [6, 6.07) is 1.89. The van der Waals surface area contributed by atoms with Crippen molar-refractivity contribution in [2.75, 3.05) is 6.54 Å². The van der Waals surface area contributed by atoms with E-state index in [2.05, 4.69) is 17.5 Å². The van der Waals surface area contributed by atoms with Gasteiger partial charge < -0.3 is 10.4 Å². The van der Waals surface area contributed by atoms with Crippen molar-refractivity contribution < 1.29 is 9.90 Å². The molecule has 0 radical (unpaired) electrons. The number of rotatable bonds is 5. The summed E-state index contributed by atoms with van der Waals surface area (Å²) in [4.78, 5) is 11.4. The summed E-state index contributed by atoms with van der Waals surface area (Å²) < 4.78 is 0. The highest BCUT2D eigenvalue weighted by Gasteiger charge is 2.12. The van der Waals surface area contributed by atoms with Crippen LogP contribution >= 0.6 is 11.3 Å². The molecule has 0 aliphatic heterocycles. The minimum absolute atomic E-state index is 0.459. The number of allylic oxidation sites excluding steroid dienone is 2. The quantitative estimate of drug-likeness (QED) is 0.791. The van der Waals surface area contributed by atoms with Crippen molar-refractivity contribution in [3.05, 3.63) is 34.0 Å². The second kappa shape index (κ2) is 5.98. The third-order valence-electron chi connectivity index (χ3n) is 3.07. The number of hydrogen-bond acceptors (Lipinski definition) is 3. The highest BCUT2D eigenvalue weighted by molar-refractivity contribution is 7.12. The summed E-state index contributed by atoms with van der Waals surface area (Å²) in [5.41, 5.74) is 0.897. The predicted molar refractivity (Wildman–Crippen MR) is 69.5 cm³/mol. The highest BCUT2D eigenvalue weighted by atomic mass is 32.1. The molecule has 0 bridgehead atoms. The molecule has 1 atom stereocenters. The van der Waals surface area contributed by atoms with E-state index in [1.807, 2.05) is 11.4 Å². The molecule has 0 amide bonds. The molecule has 2 rings (SSSR count). The van der Waals surface area contributed by atoms with Gasteiger partial charge in [-0.1, -0.05) is 12.2 Å². The Morgan fingerprint density at radius 1 is 1.53 bits per heavy atom. The first-order valence-corrected chi connectivity index (χ1v) is 6.80. The van der Waals surface area contributed by atoms with Gasteiger partial charge in [-0.25, -0.2) is 4.79 Å². The summed E-state index contributed by atoms with van der Waals surface area (Å²) in [6.07, 6.45) is 8.02. The molecule has 1 unspecified atom stereocenters. The Hall–Kier alpha value is -1.13. The molecule has 0 saturated heterocycles. The van der Waals surface area contributed by atoms with Crippen molar-refractivity contribution in [2.45, 2.75) is 25.8 Å². The van der Waals surface area contributed by atoms with Gasteiger partial charge in [-0.05, 0) is 48.7 Å². The fourth-order valence-electron chi connectivity index (χ4n) is 2.12. The Bertz CT molecular complexity index is 411. The first-order valence-electron chi connectivity index (χ1n) is 5.92. The lowest BCUT2D eigenvalue weighted by atomic mass is 9.94. The van der Waals surface area contributed by atoms with Gasteiger partial charge in [0.2, 0.25) is 0 Å². The van der Waals surface area contributed by atoms with Gasteiger partial charge in [0, 0.05) is 6.54 Å². The van der Waals surface area contributed by atoms with Crippen LogP contribution in [0.15, 0.2) is 23.6 Å². The van der Waals surface area contributed by atoms with Gasteiger partial charge in [0.15, 0.2) is 0 Å². The Morgan fingerprint density at radius 2 is 2.41 bits per heavy atom. The van der Waals surface area contributed by atoms with Crippen molar-refractivity contribution in [1.82, 2.24) is 5.32 Å². The number of thiophene rings is 1. The molecule has 2 N–H and O–H groups in total. The number of hydrogen-bond donors (Lipinski definition) is 2. The second-order valence-corrected chi connectivity index (χ2v) is 5.28. The summed E-state index contributed by atoms with van der Waals surface area (Å²) in [5, 5.41) is 14.2. The minimum Gasteiger partial charge on any atom is -0.477 e. The predicted octanol–water partition coefficient (Wildman–Crippen LogP) is 2.89. The lowest BCUT2D eigenvalue weighted by Crippen LogP contribution is -2.23. The fourth-order valence-corrected chi connectivity index (χ4v) is 2.88. The molecule has 92 valence electrons. The zero-order valence-corrected chi connectivity index (χ0v) is 10.5. The third kappa shape index (κ3) is 3.41. The maximum atomic E-state index is 10.9. The summed E-state index contributed by atoms with van der Waals surface area (Å²) in [7, 11) is 0. The normalized spacial score (nSPS) is 19.4. The van der Waals surface area contributed by atoms with Crippen LogP contribution in [0.25, 0.3) is 0 Å². The molecule has 0 spiro atoms. The van der Waals surface area contributed by atoms with Gasteiger partial charge in [-0.3, -0.25) is 0 Å². The van der Waals surface area contributed by atoms with Crippen LogP contribution in [0.2, 0.25) is 0 Å². The minimum atomic E-state index is -0.822. The molecular formula is C13H17NO2S. The van der Waals surface area contributed by atoms with E-state index in [9.17, 15) is 4.79 Å². The Balaban J connectivity index is 1.79. The smallest absolute Gasteiger partial charge is 0.346 e. The Kier molecular flexibility index (Phi) is 4.34. The lowest BCUT2D eigenvalue weighted by molar-refractivity contribution is 0.0701. The van der Waals surface area contributed by atoms with E-state index in [0.717, 1.165) is 18.5 Å². The SMILES string of the molecule is O=C(O)c1sccc1CNCC1CC=CCC1.